The summed E-state index contributed by atoms with van der Waals surface area (Å²) in [6.45, 7) is 4.55. The standard InChI is InChI=1S/C13H27NO3S/c1-11(2)12(10-18(14,15)16)9-17-13-7-5-3-4-6-8-13/h11-13H,3-10H2,1-2H3,(H2,14,15,16). The van der Waals surface area contributed by atoms with E-state index < -0.39 is 10.0 Å². The van der Waals surface area contributed by atoms with E-state index in [0.29, 0.717) is 12.7 Å². The van der Waals surface area contributed by atoms with E-state index in [-0.39, 0.29) is 17.6 Å². The first-order chi connectivity index (χ1) is 8.38. The molecule has 1 saturated carbocycles. The van der Waals surface area contributed by atoms with Crippen LogP contribution in [0.25, 0.3) is 0 Å². The van der Waals surface area contributed by atoms with Gasteiger partial charge in [-0.2, -0.15) is 0 Å². The second-order valence-electron chi connectivity index (χ2n) is 5.78. The van der Waals surface area contributed by atoms with Gasteiger partial charge in [-0.3, -0.25) is 0 Å². The van der Waals surface area contributed by atoms with Crippen LogP contribution >= 0.6 is 0 Å². The van der Waals surface area contributed by atoms with Gasteiger partial charge in [0.05, 0.1) is 18.5 Å². The molecule has 1 aliphatic rings. The van der Waals surface area contributed by atoms with E-state index in [2.05, 4.69) is 0 Å². The van der Waals surface area contributed by atoms with Crippen LogP contribution < -0.4 is 5.14 Å². The fourth-order valence-corrected chi connectivity index (χ4v) is 3.48. The summed E-state index contributed by atoms with van der Waals surface area (Å²) in [5.74, 6) is 0.301. The van der Waals surface area contributed by atoms with E-state index in [4.69, 9.17) is 9.88 Å². The molecule has 0 heterocycles. The molecule has 2 N–H and O–H groups in total. The summed E-state index contributed by atoms with van der Waals surface area (Å²) in [4.78, 5) is 0. The Kier molecular flexibility index (Phi) is 6.60. The molecular weight excluding hydrogens is 250 g/mol. The third-order valence-corrected chi connectivity index (χ3v) is 4.63. The predicted octanol–water partition coefficient (Wildman–Crippen LogP) is 2.29. The quantitative estimate of drug-likeness (QED) is 0.757. The van der Waals surface area contributed by atoms with Crippen LogP contribution in [-0.2, 0) is 14.8 Å². The fraction of sp³-hybridized carbons (Fsp3) is 1.00. The third-order valence-electron chi connectivity index (χ3n) is 3.74. The van der Waals surface area contributed by atoms with Gasteiger partial charge in [0.1, 0.15) is 0 Å². The smallest absolute Gasteiger partial charge is 0.209 e. The van der Waals surface area contributed by atoms with Gasteiger partial charge >= 0.3 is 0 Å². The summed E-state index contributed by atoms with van der Waals surface area (Å²) >= 11 is 0. The minimum atomic E-state index is -3.41. The Balaban J connectivity index is 2.41. The van der Waals surface area contributed by atoms with E-state index in [9.17, 15) is 8.42 Å². The van der Waals surface area contributed by atoms with Crippen LogP contribution in [0.3, 0.4) is 0 Å². The molecule has 1 rings (SSSR count). The molecule has 5 heteroatoms. The molecule has 0 bridgehead atoms. The lowest BCUT2D eigenvalue weighted by molar-refractivity contribution is 0.0158. The Morgan fingerprint density at radius 1 is 1.17 bits per heavy atom. The van der Waals surface area contributed by atoms with Crippen molar-refractivity contribution in [1.29, 1.82) is 0 Å². The number of rotatable bonds is 6. The second-order valence-corrected chi connectivity index (χ2v) is 7.44. The first kappa shape index (κ1) is 15.9. The molecule has 0 aromatic rings. The van der Waals surface area contributed by atoms with Crippen molar-refractivity contribution >= 4 is 10.0 Å². The average molecular weight is 277 g/mol. The highest BCUT2D eigenvalue weighted by atomic mass is 32.2. The third kappa shape index (κ3) is 6.71. The zero-order valence-corrected chi connectivity index (χ0v) is 12.4. The number of ether oxygens (including phenoxy) is 1. The molecule has 0 aliphatic heterocycles. The highest BCUT2D eigenvalue weighted by molar-refractivity contribution is 7.89. The van der Waals surface area contributed by atoms with E-state index in [0.717, 1.165) is 12.8 Å². The van der Waals surface area contributed by atoms with Crippen molar-refractivity contribution in [3.8, 4) is 0 Å². The monoisotopic (exact) mass is 277 g/mol. The van der Waals surface area contributed by atoms with Crippen LogP contribution in [0.1, 0.15) is 52.4 Å². The van der Waals surface area contributed by atoms with Crippen LogP contribution in [0.5, 0.6) is 0 Å². The Morgan fingerprint density at radius 2 is 1.72 bits per heavy atom. The molecule has 0 aromatic carbocycles. The maximum atomic E-state index is 11.2. The summed E-state index contributed by atoms with van der Waals surface area (Å²) in [6, 6.07) is 0. The predicted molar refractivity (Wildman–Crippen MR) is 73.7 cm³/mol. The van der Waals surface area contributed by atoms with Gasteiger partial charge in [0.25, 0.3) is 0 Å². The minimum Gasteiger partial charge on any atom is -0.378 e. The fourth-order valence-electron chi connectivity index (χ4n) is 2.40. The van der Waals surface area contributed by atoms with Crippen molar-refractivity contribution in [3.63, 3.8) is 0 Å². The number of nitrogens with two attached hydrogens (primary N) is 1. The average Bonchev–Trinajstić information content (AvgIpc) is 2.50. The molecule has 4 nitrogen and oxygen atoms in total. The Bertz CT molecular complexity index is 319. The van der Waals surface area contributed by atoms with Crippen molar-refractivity contribution < 1.29 is 13.2 Å². The highest BCUT2D eigenvalue weighted by Crippen LogP contribution is 2.22. The van der Waals surface area contributed by atoms with Gasteiger partial charge in [0.2, 0.25) is 10.0 Å². The Hall–Kier alpha value is -0.130. The van der Waals surface area contributed by atoms with Crippen molar-refractivity contribution in [2.24, 2.45) is 17.0 Å². The molecule has 18 heavy (non-hydrogen) atoms. The Labute approximate surface area is 111 Å². The largest absolute Gasteiger partial charge is 0.378 e. The van der Waals surface area contributed by atoms with Gasteiger partial charge in [-0.15, -0.1) is 0 Å². The first-order valence-corrected chi connectivity index (χ1v) is 8.72. The van der Waals surface area contributed by atoms with Gasteiger partial charge in [-0.25, -0.2) is 13.6 Å². The summed E-state index contributed by atoms with van der Waals surface area (Å²) in [5, 5.41) is 5.12. The molecule has 0 radical (unpaired) electrons. The van der Waals surface area contributed by atoms with Crippen molar-refractivity contribution in [2.45, 2.75) is 58.5 Å². The summed E-state index contributed by atoms with van der Waals surface area (Å²) in [5.41, 5.74) is 0. The lowest BCUT2D eigenvalue weighted by atomic mass is 9.99. The molecule has 1 atom stereocenters. The van der Waals surface area contributed by atoms with Gasteiger partial charge in [-0.05, 0) is 24.7 Å². The molecule has 108 valence electrons. The summed E-state index contributed by atoms with van der Waals surface area (Å²) in [6.07, 6.45) is 7.59. The maximum Gasteiger partial charge on any atom is 0.209 e. The molecule has 1 unspecified atom stereocenters. The second kappa shape index (κ2) is 7.46. The summed E-state index contributed by atoms with van der Waals surface area (Å²) < 4.78 is 28.3. The van der Waals surface area contributed by atoms with Gasteiger partial charge in [0.15, 0.2) is 0 Å². The van der Waals surface area contributed by atoms with Crippen LogP contribution in [0.4, 0.5) is 0 Å². The van der Waals surface area contributed by atoms with Gasteiger partial charge in [0, 0.05) is 0 Å². The van der Waals surface area contributed by atoms with E-state index in [1.165, 1.54) is 25.7 Å². The number of hydrogen-bond acceptors (Lipinski definition) is 3. The number of hydrogen-bond donors (Lipinski definition) is 1. The molecule has 0 amide bonds. The van der Waals surface area contributed by atoms with Crippen LogP contribution in [0, 0.1) is 11.8 Å². The van der Waals surface area contributed by atoms with E-state index >= 15 is 0 Å². The highest BCUT2D eigenvalue weighted by Gasteiger charge is 2.22. The zero-order valence-electron chi connectivity index (χ0n) is 11.6. The Morgan fingerprint density at radius 3 is 2.17 bits per heavy atom. The van der Waals surface area contributed by atoms with E-state index in [1.807, 2.05) is 13.8 Å². The molecule has 0 spiro atoms. The minimum absolute atomic E-state index is 0.00301. The van der Waals surface area contributed by atoms with Crippen LogP contribution in [-0.4, -0.2) is 26.9 Å². The molecule has 0 saturated heterocycles. The van der Waals surface area contributed by atoms with Crippen molar-refractivity contribution in [2.75, 3.05) is 12.4 Å². The summed E-state index contributed by atoms with van der Waals surface area (Å²) in [7, 11) is -3.41. The molecular formula is C13H27NO3S. The lowest BCUT2D eigenvalue weighted by Crippen LogP contribution is -2.30. The molecule has 1 fully saturated rings. The van der Waals surface area contributed by atoms with Gasteiger partial charge in [-0.1, -0.05) is 39.5 Å². The lowest BCUT2D eigenvalue weighted by Gasteiger charge is -2.23. The molecule has 1 aliphatic carbocycles. The maximum absolute atomic E-state index is 11.2. The SMILES string of the molecule is CC(C)C(COC1CCCCCC1)CS(N)(=O)=O. The topological polar surface area (TPSA) is 69.4 Å². The van der Waals surface area contributed by atoms with Gasteiger partial charge < -0.3 is 4.74 Å². The number of primary sulfonamides is 1. The van der Waals surface area contributed by atoms with Crippen molar-refractivity contribution in [1.82, 2.24) is 0 Å². The molecule has 0 aromatic heterocycles. The van der Waals surface area contributed by atoms with E-state index in [1.54, 1.807) is 0 Å². The first-order valence-electron chi connectivity index (χ1n) is 7.00. The normalized spacial score (nSPS) is 20.9. The zero-order chi connectivity index (χ0) is 13.6. The van der Waals surface area contributed by atoms with Crippen molar-refractivity contribution in [3.05, 3.63) is 0 Å². The number of sulfonamides is 1. The van der Waals surface area contributed by atoms with Crippen LogP contribution in [0.2, 0.25) is 0 Å². The van der Waals surface area contributed by atoms with Crippen LogP contribution in [0.15, 0.2) is 0 Å².